The predicted octanol–water partition coefficient (Wildman–Crippen LogP) is 4.91. The number of nitrogens with zero attached hydrogens (tertiary/aromatic N) is 1. The van der Waals surface area contributed by atoms with E-state index in [2.05, 4.69) is 30.0 Å². The highest BCUT2D eigenvalue weighted by Gasteiger charge is 2.28. The van der Waals surface area contributed by atoms with E-state index in [1.165, 1.54) is 11.1 Å². The van der Waals surface area contributed by atoms with Crippen LogP contribution in [0.5, 0.6) is 11.5 Å². The molecule has 2 aliphatic heterocycles. The SMILES string of the molecule is Cc1cc2oc(=O)cc(CN3CCC[C@H]3c3ccc4c(c3)OCCCO4)c2cc1C. The minimum Gasteiger partial charge on any atom is -0.490 e. The maximum Gasteiger partial charge on any atom is 0.336 e. The van der Waals surface area contributed by atoms with E-state index in [-0.39, 0.29) is 5.63 Å². The molecule has 3 aromatic rings. The zero-order valence-corrected chi connectivity index (χ0v) is 17.6. The van der Waals surface area contributed by atoms with E-state index in [1.54, 1.807) is 6.07 Å². The van der Waals surface area contributed by atoms with Crippen LogP contribution in [0.1, 0.15) is 47.6 Å². The number of ether oxygens (including phenoxy) is 2. The standard InChI is InChI=1S/C25H27NO4/c1-16-11-20-19(14-25(27)30-23(20)12-17(16)2)15-26-8-3-5-21(26)18-6-7-22-24(13-18)29-10-4-9-28-22/h6-7,11-14,21H,3-5,8-10,15H2,1-2H3/t21-/m0/s1. The molecule has 3 heterocycles. The van der Waals surface area contributed by atoms with Gasteiger partial charge in [-0.05, 0) is 79.8 Å². The molecule has 5 heteroatoms. The van der Waals surface area contributed by atoms with Crippen LogP contribution in [0.15, 0.2) is 45.6 Å². The van der Waals surface area contributed by atoms with Gasteiger partial charge in [-0.25, -0.2) is 4.79 Å². The van der Waals surface area contributed by atoms with Crippen molar-refractivity contribution >= 4 is 11.0 Å². The number of likely N-dealkylation sites (tertiary alicyclic amines) is 1. The van der Waals surface area contributed by atoms with Crippen LogP contribution < -0.4 is 15.1 Å². The first-order valence-electron chi connectivity index (χ1n) is 10.8. The van der Waals surface area contributed by atoms with Gasteiger partial charge in [-0.2, -0.15) is 0 Å². The van der Waals surface area contributed by atoms with E-state index in [4.69, 9.17) is 13.9 Å². The third-order valence-electron chi connectivity index (χ3n) is 6.34. The molecule has 2 aromatic carbocycles. The lowest BCUT2D eigenvalue weighted by Gasteiger charge is -2.26. The van der Waals surface area contributed by atoms with Crippen molar-refractivity contribution in [2.45, 2.75) is 45.7 Å². The Kier molecular flexibility index (Phi) is 4.99. The van der Waals surface area contributed by atoms with Crippen molar-refractivity contribution in [1.82, 2.24) is 4.90 Å². The molecule has 5 nitrogen and oxygen atoms in total. The van der Waals surface area contributed by atoms with Gasteiger partial charge < -0.3 is 13.9 Å². The fraction of sp³-hybridized carbons (Fsp3) is 0.400. The van der Waals surface area contributed by atoms with Crippen LogP contribution in [-0.4, -0.2) is 24.7 Å². The van der Waals surface area contributed by atoms with E-state index >= 15 is 0 Å². The van der Waals surface area contributed by atoms with Crippen molar-refractivity contribution in [3.8, 4) is 11.5 Å². The van der Waals surface area contributed by atoms with Gasteiger partial charge >= 0.3 is 5.63 Å². The third kappa shape index (κ3) is 3.58. The molecule has 0 bridgehead atoms. The third-order valence-corrected chi connectivity index (χ3v) is 6.34. The minimum atomic E-state index is -0.285. The summed E-state index contributed by atoms with van der Waals surface area (Å²) in [7, 11) is 0. The van der Waals surface area contributed by atoms with Gasteiger partial charge in [0, 0.05) is 30.5 Å². The number of fused-ring (bicyclic) bond motifs is 2. The van der Waals surface area contributed by atoms with Gasteiger partial charge in [0.1, 0.15) is 5.58 Å². The first kappa shape index (κ1) is 19.2. The molecule has 5 rings (SSSR count). The van der Waals surface area contributed by atoms with Crippen LogP contribution in [-0.2, 0) is 6.54 Å². The monoisotopic (exact) mass is 405 g/mol. The molecule has 2 aliphatic rings. The van der Waals surface area contributed by atoms with Gasteiger partial charge in [-0.15, -0.1) is 0 Å². The Bertz CT molecular complexity index is 1150. The summed E-state index contributed by atoms with van der Waals surface area (Å²) >= 11 is 0. The molecule has 0 N–H and O–H groups in total. The summed E-state index contributed by atoms with van der Waals surface area (Å²) in [5.41, 5.74) is 5.01. The van der Waals surface area contributed by atoms with Gasteiger partial charge in [0.15, 0.2) is 11.5 Å². The summed E-state index contributed by atoms with van der Waals surface area (Å²) in [6.07, 6.45) is 3.13. The van der Waals surface area contributed by atoms with Crippen molar-refractivity contribution in [2.75, 3.05) is 19.8 Å². The molecule has 1 atom stereocenters. The topological polar surface area (TPSA) is 51.9 Å². The predicted molar refractivity (Wildman–Crippen MR) is 116 cm³/mol. The van der Waals surface area contributed by atoms with Crippen LogP contribution in [0, 0.1) is 13.8 Å². The van der Waals surface area contributed by atoms with Crippen LogP contribution in [0.4, 0.5) is 0 Å². The Morgan fingerprint density at radius 3 is 2.63 bits per heavy atom. The Hall–Kier alpha value is -2.79. The first-order chi connectivity index (χ1) is 14.6. The highest BCUT2D eigenvalue weighted by atomic mass is 16.5. The highest BCUT2D eigenvalue weighted by Crippen LogP contribution is 2.39. The fourth-order valence-electron chi connectivity index (χ4n) is 4.61. The quantitative estimate of drug-likeness (QED) is 0.580. The second-order valence-electron chi connectivity index (χ2n) is 8.41. The van der Waals surface area contributed by atoms with E-state index < -0.39 is 0 Å². The van der Waals surface area contributed by atoms with E-state index in [9.17, 15) is 4.79 Å². The number of aryl methyl sites for hydroxylation is 2. The summed E-state index contributed by atoms with van der Waals surface area (Å²) in [5, 5.41) is 1.03. The normalized spacial score (nSPS) is 19.2. The molecule has 0 aliphatic carbocycles. The first-order valence-corrected chi connectivity index (χ1v) is 10.8. The largest absolute Gasteiger partial charge is 0.490 e. The van der Waals surface area contributed by atoms with Gasteiger partial charge in [-0.1, -0.05) is 6.07 Å². The molecule has 1 fully saturated rings. The number of hydrogen-bond acceptors (Lipinski definition) is 5. The number of hydrogen-bond donors (Lipinski definition) is 0. The lowest BCUT2D eigenvalue weighted by atomic mass is 10.0. The number of benzene rings is 2. The van der Waals surface area contributed by atoms with Crippen LogP contribution >= 0.6 is 0 Å². The second-order valence-corrected chi connectivity index (χ2v) is 8.41. The summed E-state index contributed by atoms with van der Waals surface area (Å²) in [6.45, 7) is 7.26. The fourth-order valence-corrected chi connectivity index (χ4v) is 4.61. The maximum atomic E-state index is 12.2. The molecule has 1 saturated heterocycles. The van der Waals surface area contributed by atoms with Gasteiger partial charge in [0.2, 0.25) is 0 Å². The molecular weight excluding hydrogens is 378 g/mol. The molecule has 156 valence electrons. The van der Waals surface area contributed by atoms with Crippen LogP contribution in [0.25, 0.3) is 11.0 Å². The maximum absolute atomic E-state index is 12.2. The smallest absolute Gasteiger partial charge is 0.336 e. The Balaban J connectivity index is 1.47. The van der Waals surface area contributed by atoms with Crippen LogP contribution in [0.2, 0.25) is 0 Å². The van der Waals surface area contributed by atoms with Gasteiger partial charge in [-0.3, -0.25) is 4.90 Å². The Morgan fingerprint density at radius 1 is 0.967 bits per heavy atom. The lowest BCUT2D eigenvalue weighted by Crippen LogP contribution is -2.23. The molecule has 0 amide bonds. The van der Waals surface area contributed by atoms with E-state index in [0.29, 0.717) is 24.8 Å². The van der Waals surface area contributed by atoms with Crippen molar-refractivity contribution in [1.29, 1.82) is 0 Å². The molecular formula is C25H27NO4. The van der Waals surface area contributed by atoms with E-state index in [0.717, 1.165) is 60.4 Å². The summed E-state index contributed by atoms with van der Waals surface area (Å²) < 4.78 is 17.2. The van der Waals surface area contributed by atoms with Crippen molar-refractivity contribution in [3.05, 3.63) is 69.1 Å². The zero-order valence-electron chi connectivity index (χ0n) is 17.6. The zero-order chi connectivity index (χ0) is 20.7. The highest BCUT2D eigenvalue weighted by molar-refractivity contribution is 5.81. The average Bonchev–Trinajstić information content (AvgIpc) is 3.05. The molecule has 0 radical (unpaired) electrons. The Morgan fingerprint density at radius 2 is 1.77 bits per heavy atom. The molecule has 30 heavy (non-hydrogen) atoms. The van der Waals surface area contributed by atoms with Crippen molar-refractivity contribution in [3.63, 3.8) is 0 Å². The summed E-state index contributed by atoms with van der Waals surface area (Å²) in [4.78, 5) is 14.7. The number of rotatable bonds is 3. The van der Waals surface area contributed by atoms with Crippen molar-refractivity contribution in [2.24, 2.45) is 0 Å². The van der Waals surface area contributed by atoms with Crippen LogP contribution in [0.3, 0.4) is 0 Å². The average molecular weight is 405 g/mol. The van der Waals surface area contributed by atoms with Gasteiger partial charge in [0.05, 0.1) is 13.2 Å². The molecule has 0 spiro atoms. The summed E-state index contributed by atoms with van der Waals surface area (Å²) in [6, 6.07) is 12.4. The minimum absolute atomic E-state index is 0.285. The van der Waals surface area contributed by atoms with E-state index in [1.807, 2.05) is 19.1 Å². The second kappa shape index (κ2) is 7.80. The molecule has 1 aromatic heterocycles. The molecule has 0 unspecified atom stereocenters. The van der Waals surface area contributed by atoms with Crippen molar-refractivity contribution < 1.29 is 13.9 Å². The Labute approximate surface area is 176 Å². The van der Waals surface area contributed by atoms with Gasteiger partial charge in [0.25, 0.3) is 0 Å². The summed E-state index contributed by atoms with van der Waals surface area (Å²) in [5.74, 6) is 1.67. The molecule has 0 saturated carbocycles. The lowest BCUT2D eigenvalue weighted by molar-refractivity contribution is 0.248.